The van der Waals surface area contributed by atoms with Gasteiger partial charge in [0, 0.05) is 19.5 Å². The van der Waals surface area contributed by atoms with E-state index in [4.69, 9.17) is 4.42 Å². The van der Waals surface area contributed by atoms with Crippen LogP contribution in [-0.2, 0) is 21.4 Å². The molecule has 2 aliphatic rings. The molecule has 0 radical (unpaired) electrons. The van der Waals surface area contributed by atoms with E-state index >= 15 is 0 Å². The minimum Gasteiger partial charge on any atom is -0.464 e. The summed E-state index contributed by atoms with van der Waals surface area (Å²) in [6.45, 7) is 2.99. The number of carbonyl (C=O) groups excluding carboxylic acids is 1. The first kappa shape index (κ1) is 16.5. The normalized spacial score (nSPS) is 28.0. The Morgan fingerprint density at radius 3 is 2.74 bits per heavy atom. The van der Waals surface area contributed by atoms with E-state index in [9.17, 15) is 13.2 Å². The summed E-state index contributed by atoms with van der Waals surface area (Å²) in [6.07, 6.45) is 3.63. The van der Waals surface area contributed by atoms with Gasteiger partial charge in [0.1, 0.15) is 17.6 Å². The van der Waals surface area contributed by atoms with Crippen molar-refractivity contribution >= 4 is 15.9 Å². The van der Waals surface area contributed by atoms with Crippen LogP contribution in [0.2, 0.25) is 0 Å². The molecule has 1 aliphatic carbocycles. The van der Waals surface area contributed by atoms with Gasteiger partial charge >= 0.3 is 0 Å². The standard InChI is InChI=1S/C16H24N2O4S/c1-11-9-13(11)15-7-6-12(22-15)10-17(2)16(19)14-5-4-8-18(14)23(3,20)21/h6-7,11,13-14H,4-5,8-10H2,1-3H3. The molecule has 1 saturated carbocycles. The molecule has 2 fully saturated rings. The highest BCUT2D eigenvalue weighted by Gasteiger charge is 2.38. The van der Waals surface area contributed by atoms with E-state index in [-0.39, 0.29) is 5.91 Å². The van der Waals surface area contributed by atoms with Crippen LogP contribution in [0.4, 0.5) is 0 Å². The highest BCUT2D eigenvalue weighted by molar-refractivity contribution is 7.88. The van der Waals surface area contributed by atoms with Gasteiger partial charge in [0.25, 0.3) is 0 Å². The Kier molecular flexibility index (Phi) is 4.27. The smallest absolute Gasteiger partial charge is 0.241 e. The first-order valence-corrected chi connectivity index (χ1v) is 9.92. The van der Waals surface area contributed by atoms with Crippen molar-refractivity contribution in [2.45, 2.75) is 44.7 Å². The zero-order valence-electron chi connectivity index (χ0n) is 13.9. The molecule has 7 heteroatoms. The van der Waals surface area contributed by atoms with Gasteiger partial charge in [-0.3, -0.25) is 4.79 Å². The van der Waals surface area contributed by atoms with Gasteiger partial charge in [0.15, 0.2) is 0 Å². The third kappa shape index (κ3) is 3.45. The largest absolute Gasteiger partial charge is 0.464 e. The first-order valence-electron chi connectivity index (χ1n) is 8.08. The van der Waals surface area contributed by atoms with Crippen LogP contribution in [0, 0.1) is 5.92 Å². The molecule has 23 heavy (non-hydrogen) atoms. The summed E-state index contributed by atoms with van der Waals surface area (Å²) in [5.41, 5.74) is 0. The Bertz CT molecular complexity index is 697. The topological polar surface area (TPSA) is 70.8 Å². The molecule has 1 saturated heterocycles. The first-order chi connectivity index (χ1) is 10.8. The summed E-state index contributed by atoms with van der Waals surface area (Å²) in [7, 11) is -1.65. The van der Waals surface area contributed by atoms with Crippen LogP contribution >= 0.6 is 0 Å². The highest BCUT2D eigenvalue weighted by Crippen LogP contribution is 2.47. The summed E-state index contributed by atoms with van der Waals surface area (Å²) in [5.74, 6) is 2.77. The summed E-state index contributed by atoms with van der Waals surface area (Å²) in [5, 5.41) is 0. The van der Waals surface area contributed by atoms with Crippen LogP contribution in [-0.4, -0.2) is 49.4 Å². The van der Waals surface area contributed by atoms with Crippen molar-refractivity contribution in [2.75, 3.05) is 19.8 Å². The average Bonchev–Trinajstić information content (AvgIpc) is 2.93. The third-order valence-corrected chi connectivity index (χ3v) is 6.13. The summed E-state index contributed by atoms with van der Waals surface area (Å²) in [6, 6.07) is 3.32. The molecule has 0 bridgehead atoms. The highest BCUT2D eigenvalue weighted by atomic mass is 32.2. The summed E-state index contributed by atoms with van der Waals surface area (Å²) < 4.78 is 30.7. The summed E-state index contributed by atoms with van der Waals surface area (Å²) >= 11 is 0. The molecule has 128 valence electrons. The van der Waals surface area contributed by atoms with E-state index in [0.29, 0.717) is 31.3 Å². The number of likely N-dealkylation sites (N-methyl/N-ethyl adjacent to an activating group) is 1. The predicted molar refractivity (Wildman–Crippen MR) is 86.3 cm³/mol. The molecule has 3 unspecified atom stereocenters. The molecule has 2 heterocycles. The zero-order chi connectivity index (χ0) is 16.8. The van der Waals surface area contributed by atoms with Gasteiger partial charge < -0.3 is 9.32 Å². The maximum absolute atomic E-state index is 12.6. The second kappa shape index (κ2) is 5.94. The van der Waals surface area contributed by atoms with Crippen molar-refractivity contribution in [3.05, 3.63) is 23.7 Å². The molecule has 1 aromatic heterocycles. The fourth-order valence-corrected chi connectivity index (χ4v) is 4.47. The van der Waals surface area contributed by atoms with Gasteiger partial charge in [-0.2, -0.15) is 4.31 Å². The van der Waals surface area contributed by atoms with Gasteiger partial charge in [0.2, 0.25) is 15.9 Å². The van der Waals surface area contributed by atoms with Crippen molar-refractivity contribution in [1.29, 1.82) is 0 Å². The van der Waals surface area contributed by atoms with E-state index in [2.05, 4.69) is 6.92 Å². The molecule has 1 aliphatic heterocycles. The van der Waals surface area contributed by atoms with Crippen LogP contribution in [0.5, 0.6) is 0 Å². The van der Waals surface area contributed by atoms with Crippen molar-refractivity contribution in [2.24, 2.45) is 5.92 Å². The second-order valence-electron chi connectivity index (χ2n) is 6.85. The van der Waals surface area contributed by atoms with Crippen LogP contribution < -0.4 is 0 Å². The number of furan rings is 1. The van der Waals surface area contributed by atoms with E-state index in [0.717, 1.165) is 30.6 Å². The molecular formula is C16H24N2O4S. The van der Waals surface area contributed by atoms with Crippen molar-refractivity contribution < 1.29 is 17.6 Å². The van der Waals surface area contributed by atoms with Gasteiger partial charge in [0.05, 0.1) is 12.8 Å². The van der Waals surface area contributed by atoms with Crippen molar-refractivity contribution in [3.8, 4) is 0 Å². The number of amides is 1. The molecule has 1 aromatic rings. The minimum absolute atomic E-state index is 0.161. The van der Waals surface area contributed by atoms with Crippen molar-refractivity contribution in [3.63, 3.8) is 0 Å². The van der Waals surface area contributed by atoms with Crippen LogP contribution in [0.3, 0.4) is 0 Å². The minimum atomic E-state index is -3.35. The Morgan fingerprint density at radius 1 is 1.43 bits per heavy atom. The molecule has 6 nitrogen and oxygen atoms in total. The second-order valence-corrected chi connectivity index (χ2v) is 8.78. The number of nitrogens with zero attached hydrogens (tertiary/aromatic N) is 2. The maximum atomic E-state index is 12.6. The molecular weight excluding hydrogens is 316 g/mol. The van der Waals surface area contributed by atoms with Gasteiger partial charge in [-0.05, 0) is 37.3 Å². The molecule has 1 amide bonds. The lowest BCUT2D eigenvalue weighted by atomic mass is 10.2. The zero-order valence-corrected chi connectivity index (χ0v) is 14.7. The van der Waals surface area contributed by atoms with Crippen LogP contribution in [0.25, 0.3) is 0 Å². The van der Waals surface area contributed by atoms with E-state index in [1.165, 1.54) is 4.31 Å². The number of carbonyl (C=O) groups is 1. The van der Waals surface area contributed by atoms with E-state index < -0.39 is 16.1 Å². The SMILES string of the molecule is CC1CC1c1ccc(CN(C)C(=O)C2CCCN2S(C)(=O)=O)o1. The Hall–Kier alpha value is -1.34. The lowest BCUT2D eigenvalue weighted by Crippen LogP contribution is -2.45. The molecule has 0 aromatic carbocycles. The Labute approximate surface area is 137 Å². The number of sulfonamides is 1. The molecule has 0 N–H and O–H groups in total. The van der Waals surface area contributed by atoms with E-state index in [1.807, 2.05) is 12.1 Å². The average molecular weight is 340 g/mol. The number of rotatable bonds is 5. The van der Waals surface area contributed by atoms with Crippen LogP contribution in [0.1, 0.15) is 43.6 Å². The quantitative estimate of drug-likeness (QED) is 0.819. The van der Waals surface area contributed by atoms with Gasteiger partial charge in [-0.1, -0.05) is 6.92 Å². The summed E-state index contributed by atoms with van der Waals surface area (Å²) in [4.78, 5) is 14.2. The molecule has 0 spiro atoms. The third-order valence-electron chi connectivity index (χ3n) is 4.84. The lowest BCUT2D eigenvalue weighted by molar-refractivity contribution is -0.134. The maximum Gasteiger partial charge on any atom is 0.241 e. The Morgan fingerprint density at radius 2 is 2.13 bits per heavy atom. The fourth-order valence-electron chi connectivity index (χ4n) is 3.35. The predicted octanol–water partition coefficient (Wildman–Crippen LogP) is 1.79. The number of hydrogen-bond acceptors (Lipinski definition) is 4. The monoisotopic (exact) mass is 340 g/mol. The number of hydrogen-bond donors (Lipinski definition) is 0. The lowest BCUT2D eigenvalue weighted by Gasteiger charge is -2.25. The van der Waals surface area contributed by atoms with Crippen LogP contribution in [0.15, 0.2) is 16.5 Å². The Balaban J connectivity index is 1.64. The molecule has 3 rings (SSSR count). The van der Waals surface area contributed by atoms with Gasteiger partial charge in [-0.15, -0.1) is 0 Å². The van der Waals surface area contributed by atoms with Crippen molar-refractivity contribution in [1.82, 2.24) is 9.21 Å². The fraction of sp³-hybridized carbons (Fsp3) is 0.688. The van der Waals surface area contributed by atoms with Gasteiger partial charge in [-0.25, -0.2) is 8.42 Å². The van der Waals surface area contributed by atoms with E-state index in [1.54, 1.807) is 11.9 Å². The molecule has 3 atom stereocenters.